The van der Waals surface area contributed by atoms with Crippen molar-refractivity contribution in [1.29, 1.82) is 0 Å². The molecule has 9 heteroatoms. The van der Waals surface area contributed by atoms with Crippen LogP contribution in [0.4, 0.5) is 0 Å². The third-order valence-corrected chi connectivity index (χ3v) is 4.88. The van der Waals surface area contributed by atoms with Gasteiger partial charge in [0.05, 0.1) is 21.2 Å². The number of halogens is 2. The second-order valence-corrected chi connectivity index (χ2v) is 7.15. The van der Waals surface area contributed by atoms with Crippen LogP contribution in [0.25, 0.3) is 0 Å². The van der Waals surface area contributed by atoms with E-state index in [1.807, 2.05) is 13.8 Å². The zero-order valence-corrected chi connectivity index (χ0v) is 16.7. The first kappa shape index (κ1) is 21.2. The SMILES string of the molecule is CCC[C@H](C)NC(=O)COC(=O)[C@H](C)N1C(=O)c2cc(Cl)c(Cl)cc2C1=O. The maximum atomic E-state index is 12.5. The molecule has 27 heavy (non-hydrogen) atoms. The average molecular weight is 415 g/mol. The van der Waals surface area contributed by atoms with E-state index in [0.717, 1.165) is 17.7 Å². The van der Waals surface area contributed by atoms with Gasteiger partial charge in [-0.1, -0.05) is 36.5 Å². The Hall–Kier alpha value is -2.12. The van der Waals surface area contributed by atoms with Crippen molar-refractivity contribution in [2.45, 2.75) is 45.7 Å². The standard InChI is InChI=1S/C18H20Cl2N2O5/c1-4-5-9(2)21-15(23)8-27-18(26)10(3)22-16(24)11-6-13(19)14(20)7-12(11)17(22)25/h6-7,9-10H,4-5,8H2,1-3H3,(H,21,23)/t9-,10-/m0/s1. The van der Waals surface area contributed by atoms with Crippen molar-refractivity contribution in [2.75, 3.05) is 6.61 Å². The molecule has 1 aromatic rings. The summed E-state index contributed by atoms with van der Waals surface area (Å²) >= 11 is 11.8. The molecule has 0 aliphatic carbocycles. The second-order valence-electron chi connectivity index (χ2n) is 6.33. The lowest BCUT2D eigenvalue weighted by Gasteiger charge is -2.21. The third kappa shape index (κ3) is 4.59. The monoisotopic (exact) mass is 414 g/mol. The number of benzene rings is 1. The van der Waals surface area contributed by atoms with Gasteiger partial charge >= 0.3 is 5.97 Å². The Bertz CT molecular complexity index is 755. The topological polar surface area (TPSA) is 92.8 Å². The Kier molecular flexibility index (Phi) is 6.84. The van der Waals surface area contributed by atoms with Crippen LogP contribution in [0.3, 0.4) is 0 Å². The Balaban J connectivity index is 2.02. The van der Waals surface area contributed by atoms with Crippen LogP contribution in [0.1, 0.15) is 54.3 Å². The zero-order chi connectivity index (χ0) is 20.3. The molecular weight excluding hydrogens is 395 g/mol. The number of fused-ring (bicyclic) bond motifs is 1. The normalized spacial score (nSPS) is 15.4. The molecule has 0 spiro atoms. The molecule has 3 amide bonds. The number of amides is 3. The van der Waals surface area contributed by atoms with Gasteiger partial charge in [0.15, 0.2) is 6.61 Å². The molecule has 0 saturated carbocycles. The van der Waals surface area contributed by atoms with E-state index in [-0.39, 0.29) is 27.2 Å². The average Bonchev–Trinajstić information content (AvgIpc) is 2.83. The summed E-state index contributed by atoms with van der Waals surface area (Å²) in [6.45, 7) is 4.70. The molecule has 1 aromatic carbocycles. The molecule has 0 radical (unpaired) electrons. The van der Waals surface area contributed by atoms with Crippen LogP contribution in [0, 0.1) is 0 Å². The number of imide groups is 1. The maximum absolute atomic E-state index is 12.5. The van der Waals surface area contributed by atoms with Crippen molar-refractivity contribution >= 4 is 46.9 Å². The molecule has 0 unspecified atom stereocenters. The number of hydrogen-bond donors (Lipinski definition) is 1. The summed E-state index contributed by atoms with van der Waals surface area (Å²) in [4.78, 5) is 49.8. The van der Waals surface area contributed by atoms with Crippen LogP contribution in [-0.2, 0) is 14.3 Å². The van der Waals surface area contributed by atoms with E-state index in [9.17, 15) is 19.2 Å². The highest BCUT2D eigenvalue weighted by atomic mass is 35.5. The molecular formula is C18H20Cl2N2O5. The number of nitrogens with zero attached hydrogens (tertiary/aromatic N) is 1. The molecule has 1 heterocycles. The van der Waals surface area contributed by atoms with Gasteiger partial charge in [-0.15, -0.1) is 0 Å². The fraction of sp³-hybridized carbons (Fsp3) is 0.444. The van der Waals surface area contributed by atoms with Gasteiger partial charge in [-0.05, 0) is 32.4 Å². The van der Waals surface area contributed by atoms with Crippen molar-refractivity contribution in [3.63, 3.8) is 0 Å². The van der Waals surface area contributed by atoms with Gasteiger partial charge < -0.3 is 10.1 Å². The highest BCUT2D eigenvalue weighted by molar-refractivity contribution is 6.43. The Labute approximate surface area is 166 Å². The van der Waals surface area contributed by atoms with Crippen LogP contribution in [0.2, 0.25) is 10.0 Å². The van der Waals surface area contributed by atoms with Gasteiger partial charge in [0.2, 0.25) is 0 Å². The predicted molar refractivity (Wildman–Crippen MR) is 99.9 cm³/mol. The van der Waals surface area contributed by atoms with E-state index in [2.05, 4.69) is 5.32 Å². The molecule has 1 N–H and O–H groups in total. The molecule has 7 nitrogen and oxygen atoms in total. The Morgan fingerprint density at radius 1 is 1.11 bits per heavy atom. The summed E-state index contributed by atoms with van der Waals surface area (Å²) in [6, 6.07) is 1.35. The van der Waals surface area contributed by atoms with Gasteiger partial charge in [-0.3, -0.25) is 19.3 Å². The lowest BCUT2D eigenvalue weighted by molar-refractivity contribution is -0.152. The van der Waals surface area contributed by atoms with Gasteiger partial charge in [0.1, 0.15) is 6.04 Å². The molecule has 1 aliphatic heterocycles. The van der Waals surface area contributed by atoms with E-state index in [1.54, 1.807) is 0 Å². The summed E-state index contributed by atoms with van der Waals surface area (Å²) in [5.41, 5.74) is 0.139. The van der Waals surface area contributed by atoms with Crippen molar-refractivity contribution in [1.82, 2.24) is 10.2 Å². The zero-order valence-electron chi connectivity index (χ0n) is 15.2. The number of esters is 1. The number of carbonyl (C=O) groups excluding carboxylic acids is 4. The van der Waals surface area contributed by atoms with Crippen LogP contribution in [-0.4, -0.2) is 47.3 Å². The first-order chi connectivity index (χ1) is 12.7. The summed E-state index contributed by atoms with van der Waals surface area (Å²) in [7, 11) is 0. The number of nitrogens with one attached hydrogen (secondary N) is 1. The largest absolute Gasteiger partial charge is 0.454 e. The maximum Gasteiger partial charge on any atom is 0.329 e. The molecule has 0 saturated heterocycles. The van der Waals surface area contributed by atoms with E-state index in [4.69, 9.17) is 27.9 Å². The Morgan fingerprint density at radius 2 is 1.63 bits per heavy atom. The predicted octanol–water partition coefficient (Wildman–Crippen LogP) is 2.83. The van der Waals surface area contributed by atoms with Crippen molar-refractivity contribution in [2.24, 2.45) is 0 Å². The summed E-state index contributed by atoms with van der Waals surface area (Å²) in [6.07, 6.45) is 1.71. The number of carbonyl (C=O) groups is 4. The van der Waals surface area contributed by atoms with Crippen LogP contribution in [0.5, 0.6) is 0 Å². The van der Waals surface area contributed by atoms with Crippen molar-refractivity contribution in [3.05, 3.63) is 33.3 Å². The van der Waals surface area contributed by atoms with Crippen molar-refractivity contribution in [3.8, 4) is 0 Å². The van der Waals surface area contributed by atoms with E-state index in [1.165, 1.54) is 19.1 Å². The van der Waals surface area contributed by atoms with Gasteiger partial charge in [0.25, 0.3) is 17.7 Å². The minimum Gasteiger partial charge on any atom is -0.454 e. The molecule has 0 fully saturated rings. The number of rotatable bonds is 7. The van der Waals surface area contributed by atoms with Gasteiger partial charge in [-0.25, -0.2) is 4.79 Å². The fourth-order valence-corrected chi connectivity index (χ4v) is 3.12. The van der Waals surface area contributed by atoms with E-state index in [0.29, 0.717) is 0 Å². The molecule has 1 aliphatic rings. The first-order valence-electron chi connectivity index (χ1n) is 8.50. The van der Waals surface area contributed by atoms with Crippen LogP contribution < -0.4 is 5.32 Å². The third-order valence-electron chi connectivity index (χ3n) is 4.16. The van der Waals surface area contributed by atoms with Crippen molar-refractivity contribution < 1.29 is 23.9 Å². The number of ether oxygens (including phenoxy) is 1. The lowest BCUT2D eigenvalue weighted by atomic mass is 10.1. The van der Waals surface area contributed by atoms with E-state index >= 15 is 0 Å². The van der Waals surface area contributed by atoms with Gasteiger partial charge in [0, 0.05) is 6.04 Å². The molecule has 2 atom stereocenters. The van der Waals surface area contributed by atoms with E-state index < -0.39 is 36.3 Å². The summed E-state index contributed by atoms with van der Waals surface area (Å²) in [5, 5.41) is 2.96. The quantitative estimate of drug-likeness (QED) is 0.546. The van der Waals surface area contributed by atoms with Crippen LogP contribution in [0.15, 0.2) is 12.1 Å². The smallest absolute Gasteiger partial charge is 0.329 e. The summed E-state index contributed by atoms with van der Waals surface area (Å²) < 4.78 is 4.95. The highest BCUT2D eigenvalue weighted by Crippen LogP contribution is 2.32. The van der Waals surface area contributed by atoms with Crippen LogP contribution >= 0.6 is 23.2 Å². The molecule has 0 bridgehead atoms. The minimum atomic E-state index is -1.20. The molecule has 146 valence electrons. The fourth-order valence-electron chi connectivity index (χ4n) is 2.79. The number of hydrogen-bond acceptors (Lipinski definition) is 5. The summed E-state index contributed by atoms with van der Waals surface area (Å²) in [5.74, 6) is -2.64. The highest BCUT2D eigenvalue weighted by Gasteiger charge is 2.42. The minimum absolute atomic E-state index is 0.0376. The van der Waals surface area contributed by atoms with Gasteiger partial charge in [-0.2, -0.15) is 0 Å². The lowest BCUT2D eigenvalue weighted by Crippen LogP contribution is -2.45. The Morgan fingerprint density at radius 3 is 2.11 bits per heavy atom. The molecule has 0 aromatic heterocycles. The second kappa shape index (κ2) is 8.71. The molecule has 2 rings (SSSR count). The first-order valence-corrected chi connectivity index (χ1v) is 9.25.